The molecule has 0 saturated heterocycles. The first-order valence-corrected chi connectivity index (χ1v) is 4.27. The second-order valence-corrected chi connectivity index (χ2v) is 2.96. The van der Waals surface area contributed by atoms with Gasteiger partial charge in [-0.25, -0.2) is 0 Å². The molecule has 0 aliphatic heterocycles. The summed E-state index contributed by atoms with van der Waals surface area (Å²) in [4.78, 5) is 4.18. The second kappa shape index (κ2) is 4.34. The van der Waals surface area contributed by atoms with Gasteiger partial charge in [-0.15, -0.1) is 0 Å². The molecule has 0 aliphatic carbocycles. The van der Waals surface area contributed by atoms with Gasteiger partial charge in [0.2, 0.25) is 0 Å². The predicted molar refractivity (Wildman–Crippen MR) is 45.5 cm³/mol. The predicted octanol–water partition coefficient (Wildman–Crippen LogP) is 2.50. The van der Waals surface area contributed by atoms with E-state index >= 15 is 0 Å². The highest BCUT2D eigenvalue weighted by atomic mass is 32.2. The number of rotatable bonds is 3. The molecule has 1 rings (SSSR count). The van der Waals surface area contributed by atoms with E-state index < -0.39 is 0 Å². The summed E-state index contributed by atoms with van der Waals surface area (Å²) in [5, 5.41) is 0. The lowest BCUT2D eigenvalue weighted by Crippen LogP contribution is -1.82. The van der Waals surface area contributed by atoms with Gasteiger partial charge in [0.05, 0.1) is 5.69 Å². The average Bonchev–Trinajstić information content (AvgIpc) is 2.03. The van der Waals surface area contributed by atoms with Gasteiger partial charge in [-0.2, -0.15) is 11.8 Å². The van der Waals surface area contributed by atoms with Crippen molar-refractivity contribution in [1.82, 2.24) is 4.98 Å². The Labute approximate surface area is 65.9 Å². The molecule has 10 heavy (non-hydrogen) atoms. The Kier molecular flexibility index (Phi) is 3.30. The van der Waals surface area contributed by atoms with Crippen LogP contribution in [-0.4, -0.2) is 4.98 Å². The second-order valence-electron chi connectivity index (χ2n) is 1.87. The van der Waals surface area contributed by atoms with Crippen LogP contribution in [0.15, 0.2) is 24.4 Å². The fraction of sp³-hybridized carbons (Fsp3) is 0.250. The van der Waals surface area contributed by atoms with E-state index in [2.05, 4.69) is 10.7 Å². The molecule has 0 aliphatic rings. The molecule has 0 amide bonds. The van der Waals surface area contributed by atoms with Crippen LogP contribution in [0, 0.1) is 5.75 Å². The molecule has 0 unspecified atom stereocenters. The van der Waals surface area contributed by atoms with Gasteiger partial charge in [0.1, 0.15) is 0 Å². The van der Waals surface area contributed by atoms with Gasteiger partial charge in [-0.05, 0) is 12.1 Å². The lowest BCUT2D eigenvalue weighted by Gasteiger charge is -1.95. The van der Waals surface area contributed by atoms with Gasteiger partial charge in [0.15, 0.2) is 0 Å². The van der Waals surface area contributed by atoms with Gasteiger partial charge in [0.25, 0.3) is 0 Å². The summed E-state index contributed by atoms with van der Waals surface area (Å²) >= 11 is 1.77. The Morgan fingerprint density at radius 1 is 1.60 bits per heavy atom. The van der Waals surface area contributed by atoms with E-state index in [9.17, 15) is 0 Å². The van der Waals surface area contributed by atoms with Crippen molar-refractivity contribution in [2.45, 2.75) is 12.7 Å². The average molecular weight is 152 g/mol. The normalized spacial score (nSPS) is 9.70. The summed E-state index contributed by atoms with van der Waals surface area (Å²) in [6, 6.07) is 5.98. The quantitative estimate of drug-likeness (QED) is 0.660. The molecule has 0 spiro atoms. The van der Waals surface area contributed by atoms with Crippen molar-refractivity contribution >= 4 is 11.8 Å². The topological polar surface area (TPSA) is 12.9 Å². The van der Waals surface area contributed by atoms with Crippen molar-refractivity contribution in [1.29, 1.82) is 0 Å². The summed E-state index contributed by atoms with van der Waals surface area (Å²) in [6.07, 6.45) is 1.82. The third-order valence-electron chi connectivity index (χ3n) is 1.12. The molecule has 1 nitrogen and oxygen atoms in total. The molecule has 0 N–H and O–H groups in total. The minimum absolute atomic E-state index is 0.983. The van der Waals surface area contributed by atoms with E-state index in [4.69, 9.17) is 0 Å². The van der Waals surface area contributed by atoms with Crippen LogP contribution in [0.4, 0.5) is 0 Å². The molecule has 1 heterocycles. The fourth-order valence-electron chi connectivity index (χ4n) is 0.652. The van der Waals surface area contributed by atoms with Crippen molar-refractivity contribution in [3.8, 4) is 0 Å². The van der Waals surface area contributed by atoms with E-state index in [0.29, 0.717) is 0 Å². The summed E-state index contributed by atoms with van der Waals surface area (Å²) in [5.74, 6) is 3.06. The molecule has 1 aromatic rings. The van der Waals surface area contributed by atoms with E-state index in [1.54, 1.807) is 11.8 Å². The van der Waals surface area contributed by atoms with Crippen molar-refractivity contribution in [3.63, 3.8) is 0 Å². The lowest BCUT2D eigenvalue weighted by molar-refractivity contribution is 1.18. The van der Waals surface area contributed by atoms with Crippen molar-refractivity contribution in [2.75, 3.05) is 0 Å². The highest BCUT2D eigenvalue weighted by Gasteiger charge is 1.89. The Hall–Kier alpha value is -0.500. The van der Waals surface area contributed by atoms with Gasteiger partial charge >= 0.3 is 0 Å². The molecule has 0 saturated carbocycles. The monoisotopic (exact) mass is 152 g/mol. The van der Waals surface area contributed by atoms with Crippen molar-refractivity contribution in [2.24, 2.45) is 0 Å². The van der Waals surface area contributed by atoms with Crippen LogP contribution in [-0.2, 0) is 5.75 Å². The van der Waals surface area contributed by atoms with Gasteiger partial charge in [-0.1, -0.05) is 13.0 Å². The Morgan fingerprint density at radius 2 is 2.50 bits per heavy atom. The van der Waals surface area contributed by atoms with E-state index in [1.807, 2.05) is 31.3 Å². The van der Waals surface area contributed by atoms with E-state index in [-0.39, 0.29) is 0 Å². The van der Waals surface area contributed by atoms with Crippen LogP contribution in [0.3, 0.4) is 0 Å². The molecule has 0 bridgehead atoms. The first-order chi connectivity index (χ1) is 4.93. The maximum absolute atomic E-state index is 4.18. The van der Waals surface area contributed by atoms with Gasteiger partial charge < -0.3 is 0 Å². The minimum Gasteiger partial charge on any atom is -0.260 e. The number of nitrogens with zero attached hydrogens (tertiary/aromatic N) is 1. The number of thioether (sulfide) groups is 1. The highest BCUT2D eigenvalue weighted by Crippen LogP contribution is 2.10. The lowest BCUT2D eigenvalue weighted by atomic mass is 10.4. The summed E-state index contributed by atoms with van der Waals surface area (Å²) in [6.45, 7) is 2.04. The number of aromatic nitrogens is 1. The standard InChI is InChI=1S/C8H10NS/c1-2-10-7-8-5-3-4-6-9-8/h2-6H,7H2,1H3. The summed E-state index contributed by atoms with van der Waals surface area (Å²) in [7, 11) is 0. The van der Waals surface area contributed by atoms with Crippen molar-refractivity contribution in [3.05, 3.63) is 35.8 Å². The first kappa shape index (κ1) is 7.61. The highest BCUT2D eigenvalue weighted by molar-refractivity contribution is 8.00. The Morgan fingerprint density at radius 3 is 3.10 bits per heavy atom. The van der Waals surface area contributed by atoms with Crippen LogP contribution < -0.4 is 0 Å². The molecular weight excluding hydrogens is 142 g/mol. The fourth-order valence-corrected chi connectivity index (χ4v) is 1.16. The number of pyridine rings is 1. The number of hydrogen-bond donors (Lipinski definition) is 0. The molecule has 1 radical (unpaired) electrons. The molecule has 53 valence electrons. The zero-order valence-electron chi connectivity index (χ0n) is 5.95. The molecule has 2 heteroatoms. The molecule has 1 aromatic heterocycles. The Balaban J connectivity index is 2.43. The Bertz CT molecular complexity index is 174. The smallest absolute Gasteiger partial charge is 0.0502 e. The van der Waals surface area contributed by atoms with Crippen LogP contribution in [0.25, 0.3) is 0 Å². The maximum atomic E-state index is 4.18. The SMILES string of the molecule is C[CH]SCc1ccccn1. The third kappa shape index (κ3) is 2.40. The largest absolute Gasteiger partial charge is 0.260 e. The number of hydrogen-bond acceptors (Lipinski definition) is 2. The van der Waals surface area contributed by atoms with Crippen molar-refractivity contribution < 1.29 is 0 Å². The third-order valence-corrected chi connectivity index (χ3v) is 1.92. The molecular formula is C8H10NS. The van der Waals surface area contributed by atoms with Crippen LogP contribution in [0.1, 0.15) is 12.6 Å². The minimum atomic E-state index is 0.983. The maximum Gasteiger partial charge on any atom is 0.0502 e. The van der Waals surface area contributed by atoms with Gasteiger partial charge in [0, 0.05) is 17.7 Å². The van der Waals surface area contributed by atoms with Crippen LogP contribution in [0.2, 0.25) is 0 Å². The molecule has 0 aromatic carbocycles. The summed E-state index contributed by atoms with van der Waals surface area (Å²) in [5.41, 5.74) is 1.14. The first-order valence-electron chi connectivity index (χ1n) is 3.23. The molecule has 0 fully saturated rings. The zero-order chi connectivity index (χ0) is 7.23. The van der Waals surface area contributed by atoms with E-state index in [0.717, 1.165) is 11.4 Å². The molecule has 0 atom stereocenters. The van der Waals surface area contributed by atoms with Crippen LogP contribution >= 0.6 is 11.8 Å². The van der Waals surface area contributed by atoms with E-state index in [1.165, 1.54) is 0 Å². The van der Waals surface area contributed by atoms with Gasteiger partial charge in [-0.3, -0.25) is 4.98 Å². The zero-order valence-corrected chi connectivity index (χ0v) is 6.77. The summed E-state index contributed by atoms with van der Waals surface area (Å²) < 4.78 is 0. The van der Waals surface area contributed by atoms with Crippen LogP contribution in [0.5, 0.6) is 0 Å².